The summed E-state index contributed by atoms with van der Waals surface area (Å²) >= 11 is 7.87. The van der Waals surface area contributed by atoms with Crippen molar-refractivity contribution in [2.75, 3.05) is 18.0 Å². The second kappa shape index (κ2) is 4.71. The number of hydrogen-bond acceptors (Lipinski definition) is 3. The molecule has 15 heavy (non-hydrogen) atoms. The van der Waals surface area contributed by atoms with E-state index in [9.17, 15) is 0 Å². The maximum atomic E-state index is 6.12. The van der Waals surface area contributed by atoms with Crippen LogP contribution in [0.4, 0.5) is 5.13 Å². The summed E-state index contributed by atoms with van der Waals surface area (Å²) in [5.41, 5.74) is 1.13. The van der Waals surface area contributed by atoms with Crippen molar-refractivity contribution < 1.29 is 0 Å². The topological polar surface area (TPSA) is 16.1 Å². The van der Waals surface area contributed by atoms with Crippen molar-refractivity contribution in [2.24, 2.45) is 5.92 Å². The first-order valence-electron chi connectivity index (χ1n) is 5.48. The van der Waals surface area contributed by atoms with Gasteiger partial charge in [-0.15, -0.1) is 22.9 Å². The van der Waals surface area contributed by atoms with Crippen molar-refractivity contribution in [1.29, 1.82) is 0 Å². The number of piperidine rings is 1. The molecule has 2 heterocycles. The number of aromatic nitrogens is 1. The van der Waals surface area contributed by atoms with Crippen LogP contribution in [-0.2, 0) is 0 Å². The second-order valence-electron chi connectivity index (χ2n) is 4.27. The van der Waals surface area contributed by atoms with Crippen LogP contribution in [0, 0.1) is 12.8 Å². The van der Waals surface area contributed by atoms with Gasteiger partial charge in [0.15, 0.2) is 5.13 Å². The third-order valence-corrected chi connectivity index (χ3v) is 4.44. The fraction of sp³-hybridized carbons (Fsp3) is 0.727. The molecule has 2 rings (SSSR count). The molecule has 1 fully saturated rings. The summed E-state index contributed by atoms with van der Waals surface area (Å²) in [4.78, 5) is 6.90. The number of nitrogens with zero attached hydrogens (tertiary/aromatic N) is 2. The zero-order valence-electron chi connectivity index (χ0n) is 9.24. The van der Waals surface area contributed by atoms with E-state index >= 15 is 0 Å². The van der Waals surface area contributed by atoms with Crippen molar-refractivity contribution in [2.45, 2.75) is 32.1 Å². The van der Waals surface area contributed by atoms with E-state index in [1.165, 1.54) is 18.0 Å². The zero-order chi connectivity index (χ0) is 10.8. The third kappa shape index (κ3) is 2.64. The van der Waals surface area contributed by atoms with Gasteiger partial charge in [0.2, 0.25) is 0 Å². The average molecular weight is 245 g/mol. The predicted octanol–water partition coefficient (Wildman–Crippen LogP) is 3.30. The summed E-state index contributed by atoms with van der Waals surface area (Å²) < 4.78 is 0. The highest BCUT2D eigenvalue weighted by Gasteiger charge is 2.23. The van der Waals surface area contributed by atoms with E-state index in [1.807, 2.05) is 6.92 Å². The molecule has 4 heteroatoms. The molecule has 84 valence electrons. The molecule has 1 saturated heterocycles. The number of thiazole rings is 1. The Labute approximate surface area is 100 Å². The standard InChI is InChI=1S/C11H17ClN2S/c1-8-7-15-11(13-8)14-5-3-10(4-6-14)9(2)12/h7,9-10H,3-6H2,1-2H3. The number of rotatable bonds is 2. The number of alkyl halides is 1. The van der Waals surface area contributed by atoms with Gasteiger partial charge in [-0.25, -0.2) is 4.98 Å². The van der Waals surface area contributed by atoms with E-state index < -0.39 is 0 Å². The number of aryl methyl sites for hydroxylation is 1. The summed E-state index contributed by atoms with van der Waals surface area (Å²) in [7, 11) is 0. The highest BCUT2D eigenvalue weighted by atomic mass is 35.5. The molecule has 0 amide bonds. The molecule has 1 atom stereocenters. The summed E-state index contributed by atoms with van der Waals surface area (Å²) in [6.07, 6.45) is 2.40. The number of halogens is 1. The fourth-order valence-electron chi connectivity index (χ4n) is 2.04. The molecule has 1 aliphatic rings. The molecule has 1 aromatic heterocycles. The SMILES string of the molecule is Cc1csc(N2CCC(C(C)Cl)CC2)n1. The Hall–Kier alpha value is -0.280. The van der Waals surface area contributed by atoms with Crippen LogP contribution in [-0.4, -0.2) is 23.5 Å². The molecule has 2 nitrogen and oxygen atoms in total. The van der Waals surface area contributed by atoms with Crippen LogP contribution < -0.4 is 4.90 Å². The monoisotopic (exact) mass is 244 g/mol. The fourth-order valence-corrected chi connectivity index (χ4v) is 3.15. The van der Waals surface area contributed by atoms with Gasteiger partial charge in [-0.3, -0.25) is 0 Å². The normalized spacial score (nSPS) is 20.6. The Morgan fingerprint density at radius 3 is 2.67 bits per heavy atom. The Morgan fingerprint density at radius 1 is 1.53 bits per heavy atom. The van der Waals surface area contributed by atoms with Crippen molar-refractivity contribution in [3.8, 4) is 0 Å². The molecule has 0 radical (unpaired) electrons. The number of hydrogen-bond donors (Lipinski definition) is 0. The first-order chi connectivity index (χ1) is 7.16. The molecule has 1 aromatic rings. The summed E-state index contributed by atoms with van der Waals surface area (Å²) in [5, 5.41) is 3.60. The van der Waals surface area contributed by atoms with E-state index in [0.29, 0.717) is 11.3 Å². The van der Waals surface area contributed by atoms with Gasteiger partial charge in [-0.2, -0.15) is 0 Å². The third-order valence-electron chi connectivity index (χ3n) is 3.07. The first-order valence-corrected chi connectivity index (χ1v) is 6.79. The second-order valence-corrected chi connectivity index (χ2v) is 5.80. The van der Waals surface area contributed by atoms with Crippen LogP contribution >= 0.6 is 22.9 Å². The largest absolute Gasteiger partial charge is 0.348 e. The van der Waals surface area contributed by atoms with Crippen LogP contribution in [0.15, 0.2) is 5.38 Å². The van der Waals surface area contributed by atoms with E-state index in [0.717, 1.165) is 18.8 Å². The molecule has 0 saturated carbocycles. The smallest absolute Gasteiger partial charge is 0.185 e. The Balaban J connectivity index is 1.93. The molecule has 1 aliphatic heterocycles. The quantitative estimate of drug-likeness (QED) is 0.743. The van der Waals surface area contributed by atoms with Gasteiger partial charge in [0.05, 0.1) is 5.69 Å². The lowest BCUT2D eigenvalue weighted by atomic mass is 9.94. The average Bonchev–Trinajstić information content (AvgIpc) is 2.65. The van der Waals surface area contributed by atoms with Gasteiger partial charge in [0.1, 0.15) is 0 Å². The van der Waals surface area contributed by atoms with Crippen LogP contribution in [0.5, 0.6) is 0 Å². The van der Waals surface area contributed by atoms with Gasteiger partial charge in [0.25, 0.3) is 0 Å². The van der Waals surface area contributed by atoms with Crippen molar-refractivity contribution in [1.82, 2.24) is 4.98 Å². The van der Waals surface area contributed by atoms with Gasteiger partial charge in [-0.1, -0.05) is 0 Å². The van der Waals surface area contributed by atoms with E-state index in [4.69, 9.17) is 11.6 Å². The highest BCUT2D eigenvalue weighted by molar-refractivity contribution is 7.13. The highest BCUT2D eigenvalue weighted by Crippen LogP contribution is 2.28. The maximum absolute atomic E-state index is 6.12. The van der Waals surface area contributed by atoms with E-state index in [1.54, 1.807) is 11.3 Å². The summed E-state index contributed by atoms with van der Waals surface area (Å²) in [6, 6.07) is 0. The molecular weight excluding hydrogens is 228 g/mol. The molecule has 0 aromatic carbocycles. The van der Waals surface area contributed by atoms with Crippen molar-refractivity contribution in [3.63, 3.8) is 0 Å². The lowest BCUT2D eigenvalue weighted by molar-refractivity contribution is 0.400. The van der Waals surface area contributed by atoms with Crippen molar-refractivity contribution in [3.05, 3.63) is 11.1 Å². The molecular formula is C11H17ClN2S. The lowest BCUT2D eigenvalue weighted by Gasteiger charge is -2.32. The van der Waals surface area contributed by atoms with Gasteiger partial charge in [-0.05, 0) is 32.6 Å². The van der Waals surface area contributed by atoms with Crippen LogP contribution in [0.1, 0.15) is 25.5 Å². The molecule has 0 N–H and O–H groups in total. The van der Waals surface area contributed by atoms with Crippen LogP contribution in [0.3, 0.4) is 0 Å². The summed E-state index contributed by atoms with van der Waals surface area (Å²) in [5.74, 6) is 0.684. The predicted molar refractivity (Wildman–Crippen MR) is 67.1 cm³/mol. The molecule has 0 aliphatic carbocycles. The minimum atomic E-state index is 0.310. The molecule has 1 unspecified atom stereocenters. The van der Waals surface area contributed by atoms with Crippen LogP contribution in [0.2, 0.25) is 0 Å². The van der Waals surface area contributed by atoms with Crippen LogP contribution in [0.25, 0.3) is 0 Å². The van der Waals surface area contributed by atoms with E-state index in [-0.39, 0.29) is 0 Å². The minimum Gasteiger partial charge on any atom is -0.348 e. The van der Waals surface area contributed by atoms with Gasteiger partial charge < -0.3 is 4.90 Å². The van der Waals surface area contributed by atoms with Crippen molar-refractivity contribution >= 4 is 28.1 Å². The molecule has 0 spiro atoms. The Bertz CT molecular complexity index is 316. The Morgan fingerprint density at radius 2 is 2.20 bits per heavy atom. The maximum Gasteiger partial charge on any atom is 0.185 e. The lowest BCUT2D eigenvalue weighted by Crippen LogP contribution is -2.35. The van der Waals surface area contributed by atoms with Gasteiger partial charge >= 0.3 is 0 Å². The first kappa shape index (κ1) is 11.2. The number of anilines is 1. The van der Waals surface area contributed by atoms with Gasteiger partial charge in [0, 0.05) is 23.8 Å². The summed E-state index contributed by atoms with van der Waals surface area (Å²) in [6.45, 7) is 6.37. The Kier molecular flexibility index (Phi) is 3.52. The minimum absolute atomic E-state index is 0.310. The zero-order valence-corrected chi connectivity index (χ0v) is 10.8. The molecule has 0 bridgehead atoms. The van der Waals surface area contributed by atoms with E-state index in [2.05, 4.69) is 22.2 Å².